The van der Waals surface area contributed by atoms with Crippen LogP contribution >= 0.6 is 0 Å². The Balaban J connectivity index is 1.58. The number of hydrogen-bond donors (Lipinski definition) is 1. The number of nitrogens with one attached hydrogen (secondary N) is 1. The fourth-order valence-electron chi connectivity index (χ4n) is 4.13. The van der Waals surface area contributed by atoms with Crippen molar-refractivity contribution in [3.8, 4) is 16.9 Å². The molecule has 1 aliphatic heterocycles. The molecule has 0 saturated carbocycles. The van der Waals surface area contributed by atoms with E-state index < -0.39 is 0 Å². The Hall–Kier alpha value is -3.27. The second-order valence-corrected chi connectivity index (χ2v) is 7.03. The summed E-state index contributed by atoms with van der Waals surface area (Å²) in [5.74, 6) is 1.87. The van der Waals surface area contributed by atoms with Crippen molar-refractivity contribution in [1.82, 2.24) is 9.55 Å². The zero-order valence-electron chi connectivity index (χ0n) is 15.4. The summed E-state index contributed by atoms with van der Waals surface area (Å²) in [7, 11) is 3.80. The SMILES string of the molecule is COc1ccc2c(c1)c(C1Cc3c(-c4ccccc4)ccnc3N1)cn2C. The molecule has 3 heterocycles. The highest BCUT2D eigenvalue weighted by Gasteiger charge is 2.28. The molecule has 1 aliphatic rings. The van der Waals surface area contributed by atoms with Gasteiger partial charge in [0.2, 0.25) is 0 Å². The van der Waals surface area contributed by atoms with Crippen LogP contribution in [-0.4, -0.2) is 16.7 Å². The lowest BCUT2D eigenvalue weighted by atomic mass is 9.96. The van der Waals surface area contributed by atoms with Gasteiger partial charge in [0, 0.05) is 47.9 Å². The molecule has 2 aromatic heterocycles. The van der Waals surface area contributed by atoms with Gasteiger partial charge in [-0.25, -0.2) is 4.98 Å². The monoisotopic (exact) mass is 355 g/mol. The van der Waals surface area contributed by atoms with Gasteiger partial charge < -0.3 is 14.6 Å². The van der Waals surface area contributed by atoms with Crippen LogP contribution in [0.25, 0.3) is 22.0 Å². The number of anilines is 1. The molecule has 1 unspecified atom stereocenters. The highest BCUT2D eigenvalue weighted by atomic mass is 16.5. The maximum atomic E-state index is 5.45. The Labute approximate surface area is 158 Å². The summed E-state index contributed by atoms with van der Waals surface area (Å²) in [6.07, 6.45) is 5.03. The third kappa shape index (κ3) is 2.56. The molecule has 0 bridgehead atoms. The number of benzene rings is 2. The van der Waals surface area contributed by atoms with Gasteiger partial charge in [-0.1, -0.05) is 30.3 Å². The lowest BCUT2D eigenvalue weighted by Gasteiger charge is -2.10. The van der Waals surface area contributed by atoms with E-state index in [-0.39, 0.29) is 6.04 Å². The molecule has 4 aromatic rings. The Kier molecular flexibility index (Phi) is 3.64. The topological polar surface area (TPSA) is 39.1 Å². The van der Waals surface area contributed by atoms with Gasteiger partial charge in [-0.15, -0.1) is 0 Å². The van der Waals surface area contributed by atoms with E-state index in [4.69, 9.17) is 4.74 Å². The molecule has 27 heavy (non-hydrogen) atoms. The van der Waals surface area contributed by atoms with E-state index in [1.165, 1.54) is 33.2 Å². The van der Waals surface area contributed by atoms with Gasteiger partial charge in [0.15, 0.2) is 0 Å². The van der Waals surface area contributed by atoms with Crippen molar-refractivity contribution in [2.45, 2.75) is 12.5 Å². The van der Waals surface area contributed by atoms with Crippen molar-refractivity contribution >= 4 is 16.7 Å². The lowest BCUT2D eigenvalue weighted by molar-refractivity contribution is 0.415. The van der Waals surface area contributed by atoms with Crippen LogP contribution in [0.1, 0.15) is 17.2 Å². The molecule has 2 aromatic carbocycles. The van der Waals surface area contributed by atoms with E-state index in [0.29, 0.717) is 0 Å². The molecule has 0 saturated heterocycles. The van der Waals surface area contributed by atoms with Crippen molar-refractivity contribution < 1.29 is 4.74 Å². The van der Waals surface area contributed by atoms with E-state index in [1.807, 2.05) is 12.3 Å². The van der Waals surface area contributed by atoms with E-state index in [1.54, 1.807) is 7.11 Å². The Morgan fingerprint density at radius 2 is 1.96 bits per heavy atom. The molecule has 4 heteroatoms. The minimum Gasteiger partial charge on any atom is -0.497 e. The minimum absolute atomic E-state index is 0.202. The molecule has 1 N–H and O–H groups in total. The minimum atomic E-state index is 0.202. The van der Waals surface area contributed by atoms with Crippen LogP contribution in [-0.2, 0) is 13.5 Å². The first-order chi connectivity index (χ1) is 13.2. The fraction of sp³-hybridized carbons (Fsp3) is 0.174. The highest BCUT2D eigenvalue weighted by molar-refractivity contribution is 5.87. The van der Waals surface area contributed by atoms with Crippen LogP contribution < -0.4 is 10.1 Å². The van der Waals surface area contributed by atoms with Crippen LogP contribution in [0, 0.1) is 0 Å². The number of ether oxygens (including phenoxy) is 1. The summed E-state index contributed by atoms with van der Waals surface area (Å²) in [6, 6.07) is 19.1. The van der Waals surface area contributed by atoms with E-state index in [9.17, 15) is 0 Å². The smallest absolute Gasteiger partial charge is 0.130 e. The van der Waals surface area contributed by atoms with Crippen molar-refractivity contribution in [3.05, 3.63) is 78.1 Å². The van der Waals surface area contributed by atoms with Gasteiger partial charge in [0.1, 0.15) is 11.6 Å². The summed E-state index contributed by atoms with van der Waals surface area (Å²) in [4.78, 5) is 4.60. The first-order valence-corrected chi connectivity index (χ1v) is 9.17. The zero-order valence-corrected chi connectivity index (χ0v) is 15.4. The van der Waals surface area contributed by atoms with Gasteiger partial charge in [-0.2, -0.15) is 0 Å². The summed E-state index contributed by atoms with van der Waals surface area (Å²) >= 11 is 0. The Morgan fingerprint density at radius 3 is 2.78 bits per heavy atom. The van der Waals surface area contributed by atoms with Crippen molar-refractivity contribution in [1.29, 1.82) is 0 Å². The number of fused-ring (bicyclic) bond motifs is 2. The number of pyridine rings is 1. The predicted molar refractivity (Wildman–Crippen MR) is 109 cm³/mol. The predicted octanol–water partition coefficient (Wildman–Crippen LogP) is 4.96. The number of nitrogens with zero attached hydrogens (tertiary/aromatic N) is 2. The normalized spacial score (nSPS) is 15.6. The second kappa shape index (κ2) is 6.16. The lowest BCUT2D eigenvalue weighted by Crippen LogP contribution is -2.05. The van der Waals surface area contributed by atoms with Crippen molar-refractivity contribution in [2.24, 2.45) is 7.05 Å². The Bertz CT molecular complexity index is 1130. The third-order valence-corrected chi connectivity index (χ3v) is 5.46. The molecule has 0 fully saturated rings. The van der Waals surface area contributed by atoms with Gasteiger partial charge in [0.25, 0.3) is 0 Å². The van der Waals surface area contributed by atoms with Crippen molar-refractivity contribution in [2.75, 3.05) is 12.4 Å². The molecule has 5 rings (SSSR count). The molecular formula is C23H21N3O. The van der Waals surface area contributed by atoms with Gasteiger partial charge in [-0.05, 0) is 35.4 Å². The molecule has 0 spiro atoms. The molecule has 0 amide bonds. The number of hydrogen-bond acceptors (Lipinski definition) is 3. The van der Waals surface area contributed by atoms with Crippen molar-refractivity contribution in [3.63, 3.8) is 0 Å². The maximum absolute atomic E-state index is 5.45. The quantitative estimate of drug-likeness (QED) is 0.565. The Morgan fingerprint density at radius 1 is 1.11 bits per heavy atom. The van der Waals surface area contributed by atoms with Gasteiger partial charge in [0.05, 0.1) is 13.2 Å². The molecule has 4 nitrogen and oxygen atoms in total. The molecule has 134 valence electrons. The first-order valence-electron chi connectivity index (χ1n) is 9.17. The largest absolute Gasteiger partial charge is 0.497 e. The van der Waals surface area contributed by atoms with Gasteiger partial charge >= 0.3 is 0 Å². The van der Waals surface area contributed by atoms with E-state index >= 15 is 0 Å². The summed E-state index contributed by atoms with van der Waals surface area (Å²) in [5.41, 5.74) is 6.27. The third-order valence-electron chi connectivity index (χ3n) is 5.46. The van der Waals surface area contributed by atoms with Crippen LogP contribution in [0.4, 0.5) is 5.82 Å². The van der Waals surface area contributed by atoms with E-state index in [0.717, 1.165) is 18.0 Å². The summed E-state index contributed by atoms with van der Waals surface area (Å²) in [6.45, 7) is 0. The number of methoxy groups -OCH3 is 1. The zero-order chi connectivity index (χ0) is 18.4. The number of aromatic nitrogens is 2. The molecule has 0 radical (unpaired) electrons. The number of aryl methyl sites for hydroxylation is 1. The summed E-state index contributed by atoms with van der Waals surface area (Å²) in [5, 5.41) is 4.86. The maximum Gasteiger partial charge on any atom is 0.130 e. The van der Waals surface area contributed by atoms with E-state index in [2.05, 4.69) is 76.6 Å². The van der Waals surface area contributed by atoms with Gasteiger partial charge in [-0.3, -0.25) is 0 Å². The first kappa shape index (κ1) is 15.9. The standard InChI is InChI=1S/C23H21N3O/c1-26-14-20(18-12-16(27-2)8-9-22(18)26)21-13-19-17(10-11-24-23(19)25-21)15-6-4-3-5-7-15/h3-12,14,21H,13H2,1-2H3,(H,24,25). The fourth-order valence-corrected chi connectivity index (χ4v) is 4.13. The molecule has 1 atom stereocenters. The number of rotatable bonds is 3. The average Bonchev–Trinajstić information content (AvgIpc) is 3.29. The molecule has 0 aliphatic carbocycles. The second-order valence-electron chi connectivity index (χ2n) is 7.03. The average molecular weight is 355 g/mol. The van der Waals surface area contributed by atoms with Crippen LogP contribution in [0.3, 0.4) is 0 Å². The van der Waals surface area contributed by atoms with Crippen LogP contribution in [0.5, 0.6) is 5.75 Å². The highest BCUT2D eigenvalue weighted by Crippen LogP contribution is 2.41. The summed E-state index contributed by atoms with van der Waals surface area (Å²) < 4.78 is 7.63. The van der Waals surface area contributed by atoms with Crippen LogP contribution in [0.15, 0.2) is 67.0 Å². The molecular weight excluding hydrogens is 334 g/mol. The van der Waals surface area contributed by atoms with Crippen LogP contribution in [0.2, 0.25) is 0 Å².